The largest absolute Gasteiger partial charge is 0.357 e. The van der Waals surface area contributed by atoms with E-state index in [2.05, 4.69) is 35.4 Å². The fourth-order valence-corrected chi connectivity index (χ4v) is 2.26. The van der Waals surface area contributed by atoms with E-state index in [9.17, 15) is 0 Å². The van der Waals surface area contributed by atoms with Crippen molar-refractivity contribution >= 4 is 0 Å². The molecule has 0 atom stereocenters. The van der Waals surface area contributed by atoms with Crippen molar-refractivity contribution in [2.75, 3.05) is 6.54 Å². The topological polar surface area (TPSA) is 17.0 Å². The van der Waals surface area contributed by atoms with Gasteiger partial charge in [0.2, 0.25) is 0 Å². The van der Waals surface area contributed by atoms with Gasteiger partial charge in [0.1, 0.15) is 0 Å². The van der Waals surface area contributed by atoms with Gasteiger partial charge in [-0.1, -0.05) is 12.8 Å². The van der Waals surface area contributed by atoms with Crippen LogP contribution >= 0.6 is 0 Å². The van der Waals surface area contributed by atoms with E-state index in [0.29, 0.717) is 0 Å². The predicted octanol–water partition coefficient (Wildman–Crippen LogP) is 2.10. The van der Waals surface area contributed by atoms with Gasteiger partial charge in [0.25, 0.3) is 0 Å². The average molecular weight is 192 g/mol. The minimum absolute atomic E-state index is 0.804. The number of aromatic nitrogens is 1. The molecule has 0 saturated heterocycles. The van der Waals surface area contributed by atoms with Crippen molar-refractivity contribution in [2.24, 2.45) is 7.05 Å². The van der Waals surface area contributed by atoms with E-state index in [0.717, 1.165) is 19.0 Å². The quantitative estimate of drug-likeness (QED) is 0.773. The summed E-state index contributed by atoms with van der Waals surface area (Å²) in [7, 11) is 2.08. The van der Waals surface area contributed by atoms with Crippen molar-refractivity contribution < 1.29 is 0 Å². The predicted molar refractivity (Wildman–Crippen MR) is 59.4 cm³/mol. The molecular weight excluding hydrogens is 172 g/mol. The van der Waals surface area contributed by atoms with Gasteiger partial charge in [0, 0.05) is 25.5 Å². The molecule has 0 unspecified atom stereocenters. The number of aryl methyl sites for hydroxylation is 1. The lowest BCUT2D eigenvalue weighted by Crippen LogP contribution is -2.27. The van der Waals surface area contributed by atoms with Gasteiger partial charge in [-0.05, 0) is 37.4 Å². The van der Waals surface area contributed by atoms with Crippen LogP contribution in [0.4, 0.5) is 0 Å². The summed E-state index contributed by atoms with van der Waals surface area (Å²) in [5, 5.41) is 3.63. The fraction of sp³-hybridized carbons (Fsp3) is 0.667. The van der Waals surface area contributed by atoms with Gasteiger partial charge in [-0.15, -0.1) is 0 Å². The summed E-state index contributed by atoms with van der Waals surface area (Å²) in [5.41, 5.74) is 1.44. The summed E-state index contributed by atoms with van der Waals surface area (Å²) >= 11 is 0. The van der Waals surface area contributed by atoms with Crippen LogP contribution < -0.4 is 5.32 Å². The molecule has 1 saturated carbocycles. The highest BCUT2D eigenvalue weighted by atomic mass is 14.9. The smallest absolute Gasteiger partial charge is 0.0106 e. The Morgan fingerprint density at radius 3 is 2.86 bits per heavy atom. The zero-order valence-corrected chi connectivity index (χ0v) is 9.00. The molecule has 0 bridgehead atoms. The van der Waals surface area contributed by atoms with E-state index >= 15 is 0 Å². The van der Waals surface area contributed by atoms with Crippen molar-refractivity contribution in [3.05, 3.63) is 24.0 Å². The van der Waals surface area contributed by atoms with Crippen molar-refractivity contribution in [3.63, 3.8) is 0 Å². The number of hydrogen-bond donors (Lipinski definition) is 1. The number of rotatable bonds is 4. The van der Waals surface area contributed by atoms with Crippen LogP contribution in [0.5, 0.6) is 0 Å². The number of hydrogen-bond acceptors (Lipinski definition) is 1. The van der Waals surface area contributed by atoms with Crippen LogP contribution in [0.1, 0.15) is 31.2 Å². The molecule has 1 aromatic heterocycles. The molecule has 1 aromatic rings. The summed E-state index contributed by atoms with van der Waals surface area (Å²) in [4.78, 5) is 0. The second-order valence-electron chi connectivity index (χ2n) is 4.37. The van der Waals surface area contributed by atoms with Crippen molar-refractivity contribution in [1.29, 1.82) is 0 Å². The first-order chi connectivity index (χ1) is 6.84. The first-order valence-corrected chi connectivity index (χ1v) is 5.69. The maximum Gasteiger partial charge on any atom is 0.0106 e. The SMILES string of the molecule is Cn1ccc(CCNC2CCCC2)c1. The minimum Gasteiger partial charge on any atom is -0.357 e. The first kappa shape index (κ1) is 9.78. The highest BCUT2D eigenvalue weighted by Gasteiger charge is 2.13. The van der Waals surface area contributed by atoms with Crippen LogP contribution in [0, 0.1) is 0 Å². The number of nitrogens with zero attached hydrogens (tertiary/aromatic N) is 1. The summed E-state index contributed by atoms with van der Waals surface area (Å²) in [5.74, 6) is 0. The fourth-order valence-electron chi connectivity index (χ4n) is 2.26. The second kappa shape index (κ2) is 4.65. The molecule has 1 aliphatic carbocycles. The van der Waals surface area contributed by atoms with Gasteiger partial charge >= 0.3 is 0 Å². The van der Waals surface area contributed by atoms with E-state index in [1.807, 2.05) is 0 Å². The standard InChI is InChI=1S/C12H20N2/c1-14-9-7-11(10-14)6-8-13-12-4-2-3-5-12/h7,9-10,12-13H,2-6,8H2,1H3. The Morgan fingerprint density at radius 2 is 2.21 bits per heavy atom. The molecule has 1 heterocycles. The minimum atomic E-state index is 0.804. The molecule has 78 valence electrons. The summed E-state index contributed by atoms with van der Waals surface area (Å²) in [6, 6.07) is 3.01. The Bertz CT molecular complexity index is 272. The average Bonchev–Trinajstić information content (AvgIpc) is 2.77. The highest BCUT2D eigenvalue weighted by molar-refractivity contribution is 5.10. The van der Waals surface area contributed by atoms with E-state index in [1.54, 1.807) is 0 Å². The molecule has 14 heavy (non-hydrogen) atoms. The normalized spacial score (nSPS) is 17.8. The molecule has 1 aliphatic rings. The van der Waals surface area contributed by atoms with Crippen LogP contribution in [0.15, 0.2) is 18.5 Å². The lowest BCUT2D eigenvalue weighted by Gasteiger charge is -2.10. The van der Waals surface area contributed by atoms with Gasteiger partial charge < -0.3 is 9.88 Å². The Kier molecular flexibility index (Phi) is 3.25. The van der Waals surface area contributed by atoms with Crippen LogP contribution in [0.2, 0.25) is 0 Å². The lowest BCUT2D eigenvalue weighted by atomic mass is 10.2. The van der Waals surface area contributed by atoms with Gasteiger partial charge in [0.15, 0.2) is 0 Å². The number of nitrogens with one attached hydrogen (secondary N) is 1. The maximum absolute atomic E-state index is 3.63. The van der Waals surface area contributed by atoms with E-state index in [-0.39, 0.29) is 0 Å². The van der Waals surface area contributed by atoms with Crippen LogP contribution in [-0.4, -0.2) is 17.2 Å². The maximum atomic E-state index is 3.63. The molecular formula is C12H20N2. The Hall–Kier alpha value is -0.760. The van der Waals surface area contributed by atoms with Gasteiger partial charge in [-0.2, -0.15) is 0 Å². The molecule has 1 N–H and O–H groups in total. The third kappa shape index (κ3) is 2.61. The lowest BCUT2D eigenvalue weighted by molar-refractivity contribution is 0.528. The molecule has 0 amide bonds. The highest BCUT2D eigenvalue weighted by Crippen LogP contribution is 2.17. The monoisotopic (exact) mass is 192 g/mol. The van der Waals surface area contributed by atoms with Crippen LogP contribution in [0.25, 0.3) is 0 Å². The van der Waals surface area contributed by atoms with Crippen LogP contribution in [0.3, 0.4) is 0 Å². The Balaban J connectivity index is 1.67. The molecule has 2 nitrogen and oxygen atoms in total. The zero-order chi connectivity index (χ0) is 9.80. The van der Waals surface area contributed by atoms with Crippen LogP contribution in [-0.2, 0) is 13.5 Å². The summed E-state index contributed by atoms with van der Waals surface area (Å²) in [6.45, 7) is 1.13. The van der Waals surface area contributed by atoms with E-state index in [4.69, 9.17) is 0 Å². The molecule has 0 spiro atoms. The zero-order valence-electron chi connectivity index (χ0n) is 9.00. The molecule has 1 fully saturated rings. The summed E-state index contributed by atoms with van der Waals surface area (Å²) < 4.78 is 2.12. The Labute approximate surface area is 86.3 Å². The van der Waals surface area contributed by atoms with Crippen molar-refractivity contribution in [3.8, 4) is 0 Å². The third-order valence-electron chi connectivity index (χ3n) is 3.10. The third-order valence-corrected chi connectivity index (χ3v) is 3.10. The van der Waals surface area contributed by atoms with Gasteiger partial charge in [-0.3, -0.25) is 0 Å². The van der Waals surface area contributed by atoms with Gasteiger partial charge in [0.05, 0.1) is 0 Å². The summed E-state index contributed by atoms with van der Waals surface area (Å²) in [6.07, 6.45) is 11.1. The molecule has 0 radical (unpaired) electrons. The Morgan fingerprint density at radius 1 is 1.43 bits per heavy atom. The molecule has 0 aromatic carbocycles. The van der Waals surface area contributed by atoms with E-state index in [1.165, 1.54) is 31.2 Å². The van der Waals surface area contributed by atoms with Gasteiger partial charge in [-0.25, -0.2) is 0 Å². The van der Waals surface area contributed by atoms with Crippen molar-refractivity contribution in [2.45, 2.75) is 38.1 Å². The second-order valence-corrected chi connectivity index (χ2v) is 4.37. The molecule has 2 heteroatoms. The van der Waals surface area contributed by atoms with Crippen molar-refractivity contribution in [1.82, 2.24) is 9.88 Å². The van der Waals surface area contributed by atoms with E-state index < -0.39 is 0 Å². The first-order valence-electron chi connectivity index (χ1n) is 5.69. The molecule has 0 aliphatic heterocycles. The molecule has 2 rings (SSSR count).